The van der Waals surface area contributed by atoms with Crippen LogP contribution in [0, 0.1) is 6.92 Å². The minimum Gasteiger partial charge on any atom is -0.506 e. The van der Waals surface area contributed by atoms with Crippen molar-refractivity contribution < 1.29 is 19.4 Å². The number of fused-ring (bicyclic) bond motifs is 1. The molecule has 0 saturated carbocycles. The van der Waals surface area contributed by atoms with E-state index in [4.69, 9.17) is 9.52 Å². The molecule has 0 aliphatic heterocycles. The Morgan fingerprint density at radius 1 is 1.38 bits per heavy atom. The molecule has 0 amide bonds. The highest BCUT2D eigenvalue weighted by atomic mass is 16.4. The molecule has 0 unspecified atom stereocenters. The molecule has 0 spiro atoms. The Kier molecular flexibility index (Phi) is 2.16. The molecule has 0 radical (unpaired) electrons. The zero-order chi connectivity index (χ0) is 11.9. The molecule has 0 aliphatic rings. The van der Waals surface area contributed by atoms with E-state index in [2.05, 4.69) is 0 Å². The molecule has 0 atom stereocenters. The van der Waals surface area contributed by atoms with Gasteiger partial charge in [-0.25, -0.2) is 9.59 Å². The monoisotopic (exact) mass is 220 g/mol. The van der Waals surface area contributed by atoms with Gasteiger partial charge >= 0.3 is 11.6 Å². The van der Waals surface area contributed by atoms with Crippen molar-refractivity contribution in [3.05, 3.63) is 39.7 Å². The van der Waals surface area contributed by atoms with Gasteiger partial charge in [-0.3, -0.25) is 0 Å². The molecule has 2 N–H and O–H groups in total. The zero-order valence-corrected chi connectivity index (χ0v) is 8.35. The number of aromatic hydroxyl groups is 1. The molecular formula is C11H8O5. The molecular weight excluding hydrogens is 212 g/mol. The number of aromatic carboxylic acids is 1. The summed E-state index contributed by atoms with van der Waals surface area (Å²) in [7, 11) is 0. The lowest BCUT2D eigenvalue weighted by molar-refractivity contribution is 0.0689. The summed E-state index contributed by atoms with van der Waals surface area (Å²) in [5.74, 6) is -2.06. The second-order valence-corrected chi connectivity index (χ2v) is 3.37. The lowest BCUT2D eigenvalue weighted by Gasteiger charge is -2.04. The van der Waals surface area contributed by atoms with Gasteiger partial charge in [0.2, 0.25) is 0 Å². The van der Waals surface area contributed by atoms with Gasteiger partial charge in [0, 0.05) is 0 Å². The van der Waals surface area contributed by atoms with Crippen LogP contribution >= 0.6 is 0 Å². The third kappa shape index (κ3) is 1.33. The summed E-state index contributed by atoms with van der Waals surface area (Å²) in [4.78, 5) is 22.1. The quantitative estimate of drug-likeness (QED) is 0.711. The van der Waals surface area contributed by atoms with E-state index in [1.165, 1.54) is 6.07 Å². The van der Waals surface area contributed by atoms with E-state index in [-0.39, 0.29) is 11.0 Å². The Morgan fingerprint density at radius 3 is 2.69 bits per heavy atom. The maximum absolute atomic E-state index is 11.3. The molecule has 0 fully saturated rings. The van der Waals surface area contributed by atoms with Crippen LogP contribution in [0.15, 0.2) is 27.4 Å². The molecule has 2 aromatic rings. The number of para-hydroxylation sites is 1. The summed E-state index contributed by atoms with van der Waals surface area (Å²) in [6.45, 7) is 1.70. The first kappa shape index (κ1) is 10.2. The first-order chi connectivity index (χ1) is 7.52. The number of hydrogen-bond acceptors (Lipinski definition) is 4. The van der Waals surface area contributed by atoms with Crippen molar-refractivity contribution in [2.75, 3.05) is 0 Å². The average molecular weight is 220 g/mol. The predicted molar refractivity (Wildman–Crippen MR) is 55.8 cm³/mol. The molecule has 2 rings (SSSR count). The van der Waals surface area contributed by atoms with Gasteiger partial charge in [-0.05, 0) is 18.6 Å². The molecule has 1 aromatic heterocycles. The lowest BCUT2D eigenvalue weighted by Crippen LogP contribution is -2.13. The number of carboxylic acid groups (broad SMARTS) is 1. The van der Waals surface area contributed by atoms with E-state index in [0.717, 1.165) is 0 Å². The number of carbonyl (C=O) groups is 1. The van der Waals surface area contributed by atoms with Gasteiger partial charge in [0.15, 0.2) is 5.56 Å². The van der Waals surface area contributed by atoms with Crippen molar-refractivity contribution in [3.63, 3.8) is 0 Å². The molecule has 16 heavy (non-hydrogen) atoms. The average Bonchev–Trinajstić information content (AvgIpc) is 2.19. The smallest absolute Gasteiger partial charge is 0.354 e. The van der Waals surface area contributed by atoms with Crippen molar-refractivity contribution in [3.8, 4) is 5.75 Å². The van der Waals surface area contributed by atoms with Crippen LogP contribution in [-0.4, -0.2) is 16.2 Å². The molecule has 1 aromatic carbocycles. The molecule has 0 aliphatic carbocycles. The lowest BCUT2D eigenvalue weighted by atomic mass is 10.1. The van der Waals surface area contributed by atoms with Gasteiger partial charge in [-0.15, -0.1) is 0 Å². The van der Waals surface area contributed by atoms with Gasteiger partial charge in [0.25, 0.3) is 0 Å². The van der Waals surface area contributed by atoms with Crippen LogP contribution in [0.2, 0.25) is 0 Å². The Morgan fingerprint density at radius 2 is 2.06 bits per heavy atom. The largest absolute Gasteiger partial charge is 0.506 e. The molecule has 1 heterocycles. The van der Waals surface area contributed by atoms with Crippen LogP contribution in [0.3, 0.4) is 0 Å². The second kappa shape index (κ2) is 3.37. The van der Waals surface area contributed by atoms with E-state index < -0.39 is 22.9 Å². The van der Waals surface area contributed by atoms with E-state index in [1.807, 2.05) is 0 Å². The number of carboxylic acids is 1. The minimum absolute atomic E-state index is 0.204. The normalized spacial score (nSPS) is 10.6. The van der Waals surface area contributed by atoms with Crippen molar-refractivity contribution in [2.24, 2.45) is 0 Å². The van der Waals surface area contributed by atoms with E-state index in [0.29, 0.717) is 5.56 Å². The summed E-state index contributed by atoms with van der Waals surface area (Å²) in [5, 5.41) is 18.7. The van der Waals surface area contributed by atoms with E-state index >= 15 is 0 Å². The highest BCUT2D eigenvalue weighted by Crippen LogP contribution is 2.27. The highest BCUT2D eigenvalue weighted by Gasteiger charge is 2.20. The molecule has 82 valence electrons. The molecule has 5 heteroatoms. The standard InChI is InChI=1S/C11H8O5/c1-5-3-2-4-6-8(12)7(10(13)14)11(15)16-9(5)6/h2-4,12H,1H3,(H,13,14). The fourth-order valence-electron chi connectivity index (χ4n) is 1.54. The van der Waals surface area contributed by atoms with Crippen molar-refractivity contribution in [2.45, 2.75) is 6.92 Å². The maximum atomic E-state index is 11.3. The van der Waals surface area contributed by atoms with Crippen LogP contribution in [-0.2, 0) is 0 Å². The summed E-state index contributed by atoms with van der Waals surface area (Å²) < 4.78 is 4.87. The Bertz CT molecular complexity index is 639. The van der Waals surface area contributed by atoms with Crippen LogP contribution in [0.4, 0.5) is 0 Å². The second-order valence-electron chi connectivity index (χ2n) is 3.37. The van der Waals surface area contributed by atoms with Gasteiger partial charge in [0.05, 0.1) is 5.39 Å². The van der Waals surface area contributed by atoms with Crippen LogP contribution < -0.4 is 5.63 Å². The van der Waals surface area contributed by atoms with E-state index in [1.54, 1.807) is 19.1 Å². The van der Waals surface area contributed by atoms with Crippen molar-refractivity contribution in [1.29, 1.82) is 0 Å². The minimum atomic E-state index is -1.50. The van der Waals surface area contributed by atoms with Gasteiger partial charge in [0.1, 0.15) is 11.3 Å². The Balaban J connectivity index is 3.01. The topological polar surface area (TPSA) is 87.7 Å². The fourth-order valence-corrected chi connectivity index (χ4v) is 1.54. The number of rotatable bonds is 1. The summed E-state index contributed by atoms with van der Waals surface area (Å²) in [6, 6.07) is 4.83. The third-order valence-corrected chi connectivity index (χ3v) is 2.32. The predicted octanol–water partition coefficient (Wildman–Crippen LogP) is 1.51. The number of hydrogen-bond donors (Lipinski definition) is 2. The van der Waals surface area contributed by atoms with Gasteiger partial charge < -0.3 is 14.6 Å². The van der Waals surface area contributed by atoms with Crippen molar-refractivity contribution in [1.82, 2.24) is 0 Å². The third-order valence-electron chi connectivity index (χ3n) is 2.32. The molecule has 0 bridgehead atoms. The fraction of sp³-hybridized carbons (Fsp3) is 0.0909. The summed E-state index contributed by atoms with van der Waals surface area (Å²) in [6.07, 6.45) is 0. The Hall–Kier alpha value is -2.30. The van der Waals surface area contributed by atoms with Crippen molar-refractivity contribution >= 4 is 16.9 Å². The van der Waals surface area contributed by atoms with E-state index in [9.17, 15) is 14.7 Å². The van der Waals surface area contributed by atoms with Gasteiger partial charge in [-0.1, -0.05) is 12.1 Å². The number of benzene rings is 1. The maximum Gasteiger partial charge on any atom is 0.354 e. The van der Waals surface area contributed by atoms with Crippen LogP contribution in [0.25, 0.3) is 11.0 Å². The first-order valence-electron chi connectivity index (χ1n) is 4.51. The first-order valence-corrected chi connectivity index (χ1v) is 4.51. The molecule has 0 saturated heterocycles. The summed E-state index contributed by atoms with van der Waals surface area (Å²) in [5.41, 5.74) is -0.929. The van der Waals surface area contributed by atoms with Gasteiger partial charge in [-0.2, -0.15) is 0 Å². The zero-order valence-electron chi connectivity index (χ0n) is 8.35. The van der Waals surface area contributed by atoms with Crippen LogP contribution in [0.1, 0.15) is 15.9 Å². The summed E-state index contributed by atoms with van der Waals surface area (Å²) >= 11 is 0. The van der Waals surface area contributed by atoms with Crippen LogP contribution in [0.5, 0.6) is 5.75 Å². The SMILES string of the molecule is Cc1cccc2c(O)c(C(=O)O)c(=O)oc12. The highest BCUT2D eigenvalue weighted by molar-refractivity contribution is 5.98. The Labute approximate surface area is 89.6 Å². The number of aryl methyl sites for hydroxylation is 1. The molecule has 5 nitrogen and oxygen atoms in total.